The molecule has 0 radical (unpaired) electrons. The zero-order valence-corrected chi connectivity index (χ0v) is 14.7. The van der Waals surface area contributed by atoms with Crippen molar-refractivity contribution in [1.29, 1.82) is 0 Å². The van der Waals surface area contributed by atoms with Crippen LogP contribution in [0.25, 0.3) is 0 Å². The Labute approximate surface area is 143 Å². The SMILES string of the molecule is COC[C@H]1CN(C(=O)c2ccnc(N3CCCC3)n2)CC(C)(C)O1. The van der Waals surface area contributed by atoms with Crippen molar-refractivity contribution in [1.82, 2.24) is 14.9 Å². The van der Waals surface area contributed by atoms with E-state index >= 15 is 0 Å². The number of ether oxygens (including phenoxy) is 2. The molecule has 132 valence electrons. The average molecular weight is 334 g/mol. The van der Waals surface area contributed by atoms with E-state index in [9.17, 15) is 4.79 Å². The summed E-state index contributed by atoms with van der Waals surface area (Å²) >= 11 is 0. The highest BCUT2D eigenvalue weighted by Crippen LogP contribution is 2.23. The zero-order valence-electron chi connectivity index (χ0n) is 14.7. The van der Waals surface area contributed by atoms with E-state index in [1.807, 2.05) is 18.7 Å². The Morgan fingerprint density at radius 2 is 2.17 bits per heavy atom. The van der Waals surface area contributed by atoms with Gasteiger partial charge in [-0.15, -0.1) is 0 Å². The molecular weight excluding hydrogens is 308 g/mol. The molecule has 24 heavy (non-hydrogen) atoms. The van der Waals surface area contributed by atoms with Crippen LogP contribution in [0.5, 0.6) is 0 Å². The molecule has 7 nitrogen and oxygen atoms in total. The summed E-state index contributed by atoms with van der Waals surface area (Å²) in [5.74, 6) is 0.578. The van der Waals surface area contributed by atoms with Crippen molar-refractivity contribution in [3.8, 4) is 0 Å². The van der Waals surface area contributed by atoms with Gasteiger partial charge in [0.15, 0.2) is 0 Å². The third-order valence-electron chi connectivity index (χ3n) is 4.37. The van der Waals surface area contributed by atoms with Crippen LogP contribution in [0.15, 0.2) is 12.3 Å². The Balaban J connectivity index is 1.76. The average Bonchev–Trinajstić information content (AvgIpc) is 3.07. The van der Waals surface area contributed by atoms with E-state index in [-0.39, 0.29) is 12.0 Å². The number of hydrogen-bond donors (Lipinski definition) is 0. The summed E-state index contributed by atoms with van der Waals surface area (Å²) in [4.78, 5) is 25.7. The van der Waals surface area contributed by atoms with Crippen molar-refractivity contribution in [2.75, 3.05) is 44.8 Å². The second-order valence-electron chi connectivity index (χ2n) is 7.08. The monoisotopic (exact) mass is 334 g/mol. The van der Waals surface area contributed by atoms with E-state index in [1.165, 1.54) is 0 Å². The molecule has 2 aliphatic rings. The summed E-state index contributed by atoms with van der Waals surface area (Å²) in [5, 5.41) is 0. The molecule has 3 heterocycles. The van der Waals surface area contributed by atoms with Crippen LogP contribution in [0.2, 0.25) is 0 Å². The summed E-state index contributed by atoms with van der Waals surface area (Å²) < 4.78 is 11.2. The Morgan fingerprint density at radius 1 is 1.42 bits per heavy atom. The molecule has 1 aromatic heterocycles. The fourth-order valence-corrected chi connectivity index (χ4v) is 3.42. The molecule has 0 unspecified atom stereocenters. The highest BCUT2D eigenvalue weighted by atomic mass is 16.5. The van der Waals surface area contributed by atoms with Crippen LogP contribution in [-0.4, -0.2) is 72.4 Å². The van der Waals surface area contributed by atoms with Crippen LogP contribution < -0.4 is 4.90 Å². The van der Waals surface area contributed by atoms with E-state index in [1.54, 1.807) is 19.4 Å². The maximum atomic E-state index is 12.9. The lowest BCUT2D eigenvalue weighted by molar-refractivity contribution is -0.143. The van der Waals surface area contributed by atoms with Gasteiger partial charge in [0.25, 0.3) is 5.91 Å². The first-order valence-corrected chi connectivity index (χ1v) is 8.52. The minimum atomic E-state index is -0.401. The van der Waals surface area contributed by atoms with Gasteiger partial charge < -0.3 is 19.3 Å². The number of nitrogens with zero attached hydrogens (tertiary/aromatic N) is 4. The van der Waals surface area contributed by atoms with E-state index in [4.69, 9.17) is 9.47 Å². The van der Waals surface area contributed by atoms with Crippen LogP contribution in [0.4, 0.5) is 5.95 Å². The van der Waals surface area contributed by atoms with Gasteiger partial charge in [-0.25, -0.2) is 9.97 Å². The van der Waals surface area contributed by atoms with Crippen molar-refractivity contribution >= 4 is 11.9 Å². The minimum absolute atomic E-state index is 0.0738. The Morgan fingerprint density at radius 3 is 2.88 bits per heavy atom. The third-order valence-corrected chi connectivity index (χ3v) is 4.37. The lowest BCUT2D eigenvalue weighted by Crippen LogP contribution is -2.55. The predicted octanol–water partition coefficient (Wildman–Crippen LogP) is 1.34. The van der Waals surface area contributed by atoms with Gasteiger partial charge in [0.05, 0.1) is 18.3 Å². The van der Waals surface area contributed by atoms with Crippen molar-refractivity contribution in [2.45, 2.75) is 38.4 Å². The number of morpholine rings is 1. The number of carbonyl (C=O) groups is 1. The van der Waals surface area contributed by atoms with E-state index < -0.39 is 5.60 Å². The van der Waals surface area contributed by atoms with Crippen molar-refractivity contribution in [2.24, 2.45) is 0 Å². The van der Waals surface area contributed by atoms with Crippen LogP contribution in [0.3, 0.4) is 0 Å². The number of anilines is 1. The zero-order chi connectivity index (χ0) is 17.2. The first-order valence-electron chi connectivity index (χ1n) is 8.52. The summed E-state index contributed by atoms with van der Waals surface area (Å²) in [6.07, 6.45) is 3.85. The van der Waals surface area contributed by atoms with E-state index in [0.29, 0.717) is 31.3 Å². The highest BCUT2D eigenvalue weighted by molar-refractivity contribution is 5.92. The quantitative estimate of drug-likeness (QED) is 0.828. The first-order chi connectivity index (χ1) is 11.5. The smallest absolute Gasteiger partial charge is 0.272 e. The topological polar surface area (TPSA) is 67.8 Å². The lowest BCUT2D eigenvalue weighted by Gasteiger charge is -2.42. The standard InChI is InChI=1S/C17H26N4O3/c1-17(2)12-21(10-13(24-17)11-23-3)15(22)14-6-7-18-16(19-14)20-8-4-5-9-20/h6-7,13H,4-5,8-12H2,1-3H3/t13-/m1/s1. The second-order valence-corrected chi connectivity index (χ2v) is 7.08. The first kappa shape index (κ1) is 17.1. The molecule has 2 saturated heterocycles. The molecule has 1 amide bonds. The molecule has 7 heteroatoms. The van der Waals surface area contributed by atoms with Gasteiger partial charge in [0, 0.05) is 39.5 Å². The van der Waals surface area contributed by atoms with Gasteiger partial charge >= 0.3 is 0 Å². The Hall–Kier alpha value is -1.73. The minimum Gasteiger partial charge on any atom is -0.382 e. The maximum absolute atomic E-state index is 12.9. The fraction of sp³-hybridized carbons (Fsp3) is 0.706. The van der Waals surface area contributed by atoms with Gasteiger partial charge in [0.2, 0.25) is 5.95 Å². The molecule has 1 aromatic rings. The molecule has 0 N–H and O–H groups in total. The molecule has 0 saturated carbocycles. The summed E-state index contributed by atoms with van der Waals surface area (Å²) in [6, 6.07) is 1.69. The van der Waals surface area contributed by atoms with Gasteiger partial charge in [-0.2, -0.15) is 0 Å². The molecule has 0 spiro atoms. The van der Waals surface area contributed by atoms with Crippen molar-refractivity contribution in [3.63, 3.8) is 0 Å². The van der Waals surface area contributed by atoms with Crippen molar-refractivity contribution in [3.05, 3.63) is 18.0 Å². The number of methoxy groups -OCH3 is 1. The van der Waals surface area contributed by atoms with Gasteiger partial charge in [-0.05, 0) is 32.8 Å². The summed E-state index contributed by atoms with van der Waals surface area (Å²) in [6.45, 7) is 7.41. The molecule has 0 bridgehead atoms. The predicted molar refractivity (Wildman–Crippen MR) is 90.2 cm³/mol. The third kappa shape index (κ3) is 3.84. The molecule has 1 atom stereocenters. The van der Waals surface area contributed by atoms with E-state index in [2.05, 4.69) is 14.9 Å². The number of hydrogen-bond acceptors (Lipinski definition) is 6. The molecule has 0 aromatic carbocycles. The summed E-state index contributed by atoms with van der Waals surface area (Å²) in [7, 11) is 1.64. The number of rotatable bonds is 4. The largest absolute Gasteiger partial charge is 0.382 e. The Kier molecular flexibility index (Phi) is 5.01. The number of aromatic nitrogens is 2. The molecule has 2 fully saturated rings. The second kappa shape index (κ2) is 7.03. The normalized spacial score (nSPS) is 23.5. The highest BCUT2D eigenvalue weighted by Gasteiger charge is 2.36. The van der Waals surface area contributed by atoms with Crippen LogP contribution >= 0.6 is 0 Å². The van der Waals surface area contributed by atoms with Crippen LogP contribution in [0, 0.1) is 0 Å². The van der Waals surface area contributed by atoms with Gasteiger partial charge in [-0.1, -0.05) is 0 Å². The summed E-state index contributed by atoms with van der Waals surface area (Å²) in [5.41, 5.74) is 0.0443. The Bertz CT molecular complexity index is 587. The fourth-order valence-electron chi connectivity index (χ4n) is 3.42. The van der Waals surface area contributed by atoms with Gasteiger partial charge in [-0.3, -0.25) is 4.79 Å². The molecule has 2 aliphatic heterocycles. The van der Waals surface area contributed by atoms with E-state index in [0.717, 1.165) is 25.9 Å². The molecular formula is C17H26N4O3. The molecule has 3 rings (SSSR count). The van der Waals surface area contributed by atoms with Crippen LogP contribution in [0.1, 0.15) is 37.2 Å². The molecule has 0 aliphatic carbocycles. The van der Waals surface area contributed by atoms with Crippen LogP contribution in [-0.2, 0) is 9.47 Å². The number of amides is 1. The maximum Gasteiger partial charge on any atom is 0.272 e. The lowest BCUT2D eigenvalue weighted by atomic mass is 10.0. The van der Waals surface area contributed by atoms with Gasteiger partial charge in [0.1, 0.15) is 5.69 Å². The number of carbonyl (C=O) groups excluding carboxylic acids is 1. The van der Waals surface area contributed by atoms with Crippen molar-refractivity contribution < 1.29 is 14.3 Å².